The first kappa shape index (κ1) is 13.5. The van der Waals surface area contributed by atoms with Crippen molar-refractivity contribution in [1.82, 2.24) is 4.90 Å². The minimum Gasteiger partial charge on any atom is -0.334 e. The molecule has 4 fully saturated rings. The molecule has 0 spiro atoms. The fourth-order valence-corrected chi connectivity index (χ4v) is 5.67. The molecule has 0 aromatic carbocycles. The highest BCUT2D eigenvalue weighted by molar-refractivity contribution is 5.79. The molecule has 4 rings (SSSR count). The van der Waals surface area contributed by atoms with Gasteiger partial charge in [-0.25, -0.2) is 0 Å². The highest BCUT2D eigenvalue weighted by Crippen LogP contribution is 2.58. The molecule has 0 aromatic rings. The lowest BCUT2D eigenvalue weighted by Gasteiger charge is -2.61. The number of rotatable bonds is 3. The lowest BCUT2D eigenvalue weighted by Crippen LogP contribution is -2.64. The van der Waals surface area contributed by atoms with E-state index in [0.717, 1.165) is 17.8 Å². The van der Waals surface area contributed by atoms with Gasteiger partial charge < -0.3 is 4.90 Å². The molecule has 108 valence electrons. The van der Waals surface area contributed by atoms with E-state index in [1.807, 2.05) is 0 Å². The van der Waals surface area contributed by atoms with Gasteiger partial charge in [0, 0.05) is 17.5 Å². The van der Waals surface area contributed by atoms with Gasteiger partial charge in [-0.2, -0.15) is 0 Å². The van der Waals surface area contributed by atoms with Crippen molar-refractivity contribution in [2.24, 2.45) is 23.7 Å². The Morgan fingerprint density at radius 3 is 1.68 bits per heavy atom. The van der Waals surface area contributed by atoms with E-state index in [4.69, 9.17) is 0 Å². The van der Waals surface area contributed by atoms with E-state index < -0.39 is 0 Å². The maximum absolute atomic E-state index is 12.7. The van der Waals surface area contributed by atoms with Crippen LogP contribution in [0.4, 0.5) is 0 Å². The van der Waals surface area contributed by atoms with Crippen molar-refractivity contribution in [2.45, 2.75) is 77.8 Å². The number of hydrogen-bond donors (Lipinski definition) is 0. The van der Waals surface area contributed by atoms with Crippen molar-refractivity contribution in [3.8, 4) is 0 Å². The molecule has 19 heavy (non-hydrogen) atoms. The van der Waals surface area contributed by atoms with Gasteiger partial charge in [0.15, 0.2) is 0 Å². The van der Waals surface area contributed by atoms with E-state index in [-0.39, 0.29) is 11.5 Å². The number of carbonyl (C=O) groups excluding carboxylic acids is 1. The van der Waals surface area contributed by atoms with Crippen molar-refractivity contribution in [3.63, 3.8) is 0 Å². The van der Waals surface area contributed by atoms with Crippen molar-refractivity contribution >= 4 is 5.91 Å². The Balaban J connectivity index is 1.91. The van der Waals surface area contributed by atoms with Crippen molar-refractivity contribution < 1.29 is 4.79 Å². The molecule has 4 bridgehead atoms. The van der Waals surface area contributed by atoms with Crippen LogP contribution in [0.2, 0.25) is 0 Å². The van der Waals surface area contributed by atoms with Gasteiger partial charge in [-0.05, 0) is 70.1 Å². The molecule has 0 saturated heterocycles. The summed E-state index contributed by atoms with van der Waals surface area (Å²) < 4.78 is 0. The molecule has 0 atom stereocenters. The Hall–Kier alpha value is -0.530. The molecule has 0 radical (unpaired) electrons. The third kappa shape index (κ3) is 2.11. The van der Waals surface area contributed by atoms with Crippen molar-refractivity contribution in [2.75, 3.05) is 0 Å². The van der Waals surface area contributed by atoms with Gasteiger partial charge in [0.2, 0.25) is 5.91 Å². The second kappa shape index (κ2) is 4.49. The zero-order valence-electron chi connectivity index (χ0n) is 13.0. The highest BCUT2D eigenvalue weighted by Gasteiger charge is 2.55. The molecular weight excluding hydrogens is 234 g/mol. The van der Waals surface area contributed by atoms with E-state index in [0.29, 0.717) is 11.9 Å². The Kier molecular flexibility index (Phi) is 3.18. The van der Waals surface area contributed by atoms with Gasteiger partial charge >= 0.3 is 0 Å². The quantitative estimate of drug-likeness (QED) is 0.757. The van der Waals surface area contributed by atoms with Crippen molar-refractivity contribution in [1.29, 1.82) is 0 Å². The first-order valence-electron chi connectivity index (χ1n) is 8.24. The molecule has 0 unspecified atom stereocenters. The van der Waals surface area contributed by atoms with Gasteiger partial charge in [0.25, 0.3) is 0 Å². The minimum absolute atomic E-state index is 0.135. The normalized spacial score (nSPS) is 40.2. The van der Waals surface area contributed by atoms with E-state index in [2.05, 4.69) is 32.6 Å². The summed E-state index contributed by atoms with van der Waals surface area (Å²) in [6, 6.07) is 0.353. The molecule has 0 aromatic heterocycles. The summed E-state index contributed by atoms with van der Waals surface area (Å²) in [4.78, 5) is 15.0. The Morgan fingerprint density at radius 1 is 0.947 bits per heavy atom. The zero-order valence-corrected chi connectivity index (χ0v) is 13.0. The topological polar surface area (TPSA) is 20.3 Å². The van der Waals surface area contributed by atoms with Gasteiger partial charge in [-0.3, -0.25) is 4.79 Å². The summed E-state index contributed by atoms with van der Waals surface area (Å²) in [5, 5.41) is 0. The fourth-order valence-electron chi connectivity index (χ4n) is 5.67. The van der Waals surface area contributed by atoms with Crippen LogP contribution in [0.15, 0.2) is 0 Å². The van der Waals surface area contributed by atoms with Crippen LogP contribution in [-0.2, 0) is 4.79 Å². The molecule has 1 amide bonds. The molecule has 0 N–H and O–H groups in total. The fraction of sp³-hybridized carbons (Fsp3) is 0.941. The van der Waals surface area contributed by atoms with Crippen LogP contribution in [0.1, 0.15) is 66.2 Å². The van der Waals surface area contributed by atoms with Crippen LogP contribution in [0, 0.1) is 23.7 Å². The number of hydrogen-bond acceptors (Lipinski definition) is 1. The molecule has 0 aliphatic heterocycles. The van der Waals surface area contributed by atoms with Crippen molar-refractivity contribution in [3.05, 3.63) is 0 Å². The molecule has 0 heterocycles. The average molecular weight is 263 g/mol. The van der Waals surface area contributed by atoms with Crippen LogP contribution in [0.25, 0.3) is 0 Å². The van der Waals surface area contributed by atoms with E-state index in [1.165, 1.54) is 38.5 Å². The van der Waals surface area contributed by atoms with Gasteiger partial charge in [0.05, 0.1) is 0 Å². The first-order chi connectivity index (χ1) is 8.91. The predicted octanol–water partition coefficient (Wildman–Crippen LogP) is 3.85. The number of nitrogens with zero attached hydrogens (tertiary/aromatic N) is 1. The maximum atomic E-state index is 12.7. The lowest BCUT2D eigenvalue weighted by atomic mass is 9.52. The molecule has 2 heteroatoms. The first-order valence-corrected chi connectivity index (χ1v) is 8.24. The summed E-state index contributed by atoms with van der Waals surface area (Å²) in [5.74, 6) is 3.25. The lowest BCUT2D eigenvalue weighted by molar-refractivity contribution is -0.158. The SMILES string of the molecule is CC(C)C(=O)N(C(C)C)C12CC3CC(CC(C3)C1)C2. The second-order valence-electron chi connectivity index (χ2n) is 8.10. The largest absolute Gasteiger partial charge is 0.334 e. The van der Waals surface area contributed by atoms with Gasteiger partial charge in [0.1, 0.15) is 0 Å². The number of amides is 1. The molecule has 2 nitrogen and oxygen atoms in total. The highest BCUT2D eigenvalue weighted by atomic mass is 16.2. The van der Waals surface area contributed by atoms with E-state index >= 15 is 0 Å². The molecule has 4 aliphatic rings. The summed E-state index contributed by atoms with van der Waals surface area (Å²) in [5.41, 5.74) is 0.226. The zero-order chi connectivity index (χ0) is 13.8. The molecule has 4 aliphatic carbocycles. The molecule has 4 saturated carbocycles. The average Bonchev–Trinajstić information content (AvgIpc) is 2.25. The standard InChI is InChI=1S/C17H29NO/c1-11(2)16(19)18(12(3)4)17-8-13-5-14(9-17)7-15(6-13)10-17/h11-15H,5-10H2,1-4H3. The van der Waals surface area contributed by atoms with E-state index in [9.17, 15) is 4.79 Å². The third-order valence-electron chi connectivity index (χ3n) is 5.76. The smallest absolute Gasteiger partial charge is 0.225 e. The Labute approximate surface area is 117 Å². The van der Waals surface area contributed by atoms with Gasteiger partial charge in [-0.1, -0.05) is 13.8 Å². The third-order valence-corrected chi connectivity index (χ3v) is 5.76. The predicted molar refractivity (Wildman–Crippen MR) is 77.7 cm³/mol. The van der Waals surface area contributed by atoms with Crippen LogP contribution in [0.5, 0.6) is 0 Å². The Bertz CT molecular complexity index is 336. The maximum Gasteiger partial charge on any atom is 0.225 e. The van der Waals surface area contributed by atoms with Crippen LogP contribution >= 0.6 is 0 Å². The van der Waals surface area contributed by atoms with Crippen LogP contribution in [0.3, 0.4) is 0 Å². The van der Waals surface area contributed by atoms with Crippen LogP contribution in [-0.4, -0.2) is 22.4 Å². The molecular formula is C17H29NO. The van der Waals surface area contributed by atoms with Crippen LogP contribution < -0.4 is 0 Å². The summed E-state index contributed by atoms with van der Waals surface area (Å²) in [7, 11) is 0. The van der Waals surface area contributed by atoms with E-state index in [1.54, 1.807) is 0 Å². The monoisotopic (exact) mass is 263 g/mol. The second-order valence-corrected chi connectivity index (χ2v) is 8.10. The summed E-state index contributed by atoms with van der Waals surface area (Å²) >= 11 is 0. The minimum atomic E-state index is 0.135. The number of carbonyl (C=O) groups is 1. The Morgan fingerprint density at radius 2 is 1.37 bits per heavy atom. The van der Waals surface area contributed by atoms with Gasteiger partial charge in [-0.15, -0.1) is 0 Å². The summed E-state index contributed by atoms with van der Waals surface area (Å²) in [6.45, 7) is 8.52. The summed E-state index contributed by atoms with van der Waals surface area (Å²) in [6.07, 6.45) is 8.20.